The molecule has 2 heterocycles. The van der Waals surface area contributed by atoms with Crippen molar-refractivity contribution in [3.8, 4) is 0 Å². The Kier molecular flexibility index (Phi) is 6.73. The molecule has 0 spiro atoms. The van der Waals surface area contributed by atoms with Gasteiger partial charge in [-0.3, -0.25) is 14.7 Å². The van der Waals surface area contributed by atoms with Gasteiger partial charge in [0, 0.05) is 45.1 Å². The van der Waals surface area contributed by atoms with E-state index in [4.69, 9.17) is 5.73 Å². The molecule has 1 fully saturated rings. The van der Waals surface area contributed by atoms with Gasteiger partial charge >= 0.3 is 0 Å². The number of amides is 1. The molecular weight excluding hydrogens is 324 g/mol. The van der Waals surface area contributed by atoms with Gasteiger partial charge in [-0.2, -0.15) is 0 Å². The highest BCUT2D eigenvalue weighted by Crippen LogP contribution is 2.15. The minimum absolute atomic E-state index is 0. The number of hydrogen-bond acceptors (Lipinski definition) is 4. The number of hydrogen-bond donors (Lipinski definition) is 1. The Balaban J connectivity index is 0.00000208. The molecule has 1 aliphatic heterocycles. The number of carbonyl (C=O) groups is 1. The van der Waals surface area contributed by atoms with Crippen LogP contribution in [0, 0.1) is 0 Å². The first-order chi connectivity index (χ1) is 11.2. The van der Waals surface area contributed by atoms with Gasteiger partial charge in [-0.25, -0.2) is 0 Å². The van der Waals surface area contributed by atoms with Crippen molar-refractivity contribution in [2.75, 3.05) is 26.2 Å². The summed E-state index contributed by atoms with van der Waals surface area (Å²) in [6.07, 6.45) is 3.67. The summed E-state index contributed by atoms with van der Waals surface area (Å²) in [6, 6.07) is 13.0. The largest absolute Gasteiger partial charge is 0.338 e. The Morgan fingerprint density at radius 3 is 2.42 bits per heavy atom. The summed E-state index contributed by atoms with van der Waals surface area (Å²) in [7, 11) is 0. The van der Waals surface area contributed by atoms with E-state index in [9.17, 15) is 4.79 Å². The van der Waals surface area contributed by atoms with Crippen LogP contribution in [-0.2, 0) is 11.3 Å². The number of pyridine rings is 1. The van der Waals surface area contributed by atoms with Crippen molar-refractivity contribution in [3.63, 3.8) is 0 Å². The summed E-state index contributed by atoms with van der Waals surface area (Å²) in [6.45, 7) is 4.05. The lowest BCUT2D eigenvalue weighted by atomic mass is 10.1. The lowest BCUT2D eigenvalue weighted by Gasteiger charge is -2.35. The smallest absolute Gasteiger partial charge is 0.244 e. The zero-order valence-corrected chi connectivity index (χ0v) is 14.4. The minimum atomic E-state index is -0.568. The van der Waals surface area contributed by atoms with Gasteiger partial charge in [0.1, 0.15) is 6.04 Å². The average Bonchev–Trinajstić information content (AvgIpc) is 2.63. The lowest BCUT2D eigenvalue weighted by molar-refractivity contribution is -0.134. The summed E-state index contributed by atoms with van der Waals surface area (Å²) in [5.74, 6) is 0.0113. The van der Waals surface area contributed by atoms with Crippen LogP contribution in [0.3, 0.4) is 0 Å². The Morgan fingerprint density at radius 2 is 1.79 bits per heavy atom. The third-order valence-electron chi connectivity index (χ3n) is 4.24. The lowest BCUT2D eigenvalue weighted by Crippen LogP contribution is -2.50. The molecule has 0 bridgehead atoms. The van der Waals surface area contributed by atoms with E-state index in [1.807, 2.05) is 47.5 Å². The van der Waals surface area contributed by atoms with Gasteiger partial charge in [0.05, 0.1) is 0 Å². The summed E-state index contributed by atoms with van der Waals surface area (Å²) < 4.78 is 0. The van der Waals surface area contributed by atoms with Crippen molar-refractivity contribution >= 4 is 18.3 Å². The van der Waals surface area contributed by atoms with Gasteiger partial charge in [-0.05, 0) is 17.2 Å². The third-order valence-corrected chi connectivity index (χ3v) is 4.24. The highest BCUT2D eigenvalue weighted by Gasteiger charge is 2.26. The van der Waals surface area contributed by atoms with Crippen molar-refractivity contribution < 1.29 is 4.79 Å². The summed E-state index contributed by atoms with van der Waals surface area (Å²) >= 11 is 0. The molecule has 3 rings (SSSR count). The molecule has 1 unspecified atom stereocenters. The summed E-state index contributed by atoms with van der Waals surface area (Å²) in [5.41, 5.74) is 8.19. The molecule has 6 heteroatoms. The molecule has 2 aromatic rings. The Morgan fingerprint density at radius 1 is 1.08 bits per heavy atom. The van der Waals surface area contributed by atoms with Crippen molar-refractivity contribution in [2.45, 2.75) is 12.6 Å². The van der Waals surface area contributed by atoms with E-state index in [0.29, 0.717) is 0 Å². The van der Waals surface area contributed by atoms with Crippen molar-refractivity contribution in [1.82, 2.24) is 14.8 Å². The quantitative estimate of drug-likeness (QED) is 0.917. The summed E-state index contributed by atoms with van der Waals surface area (Å²) in [5, 5.41) is 0. The predicted octanol–water partition coefficient (Wildman–Crippen LogP) is 1.85. The molecule has 1 amide bonds. The van der Waals surface area contributed by atoms with Crippen LogP contribution in [0.5, 0.6) is 0 Å². The van der Waals surface area contributed by atoms with Crippen LogP contribution in [-0.4, -0.2) is 46.9 Å². The van der Waals surface area contributed by atoms with E-state index in [0.717, 1.165) is 38.3 Å². The number of carbonyl (C=O) groups excluding carboxylic acids is 1. The molecule has 1 aliphatic rings. The maximum absolute atomic E-state index is 12.5. The highest BCUT2D eigenvalue weighted by atomic mass is 35.5. The van der Waals surface area contributed by atoms with E-state index < -0.39 is 6.04 Å². The van der Waals surface area contributed by atoms with Gasteiger partial charge < -0.3 is 10.6 Å². The molecule has 0 radical (unpaired) electrons. The molecule has 1 atom stereocenters. The van der Waals surface area contributed by atoms with Crippen LogP contribution in [0.2, 0.25) is 0 Å². The first-order valence-corrected chi connectivity index (χ1v) is 7.94. The number of aromatic nitrogens is 1. The maximum Gasteiger partial charge on any atom is 0.244 e. The van der Waals surface area contributed by atoms with E-state index in [1.165, 1.54) is 5.56 Å². The molecule has 24 heavy (non-hydrogen) atoms. The van der Waals surface area contributed by atoms with Crippen LogP contribution in [0.15, 0.2) is 54.9 Å². The van der Waals surface area contributed by atoms with E-state index in [2.05, 4.69) is 16.0 Å². The Labute approximate surface area is 148 Å². The fraction of sp³-hybridized carbons (Fsp3) is 0.333. The second-order valence-electron chi connectivity index (χ2n) is 5.85. The van der Waals surface area contributed by atoms with Crippen LogP contribution in [0.1, 0.15) is 17.2 Å². The van der Waals surface area contributed by atoms with E-state index in [-0.39, 0.29) is 18.3 Å². The number of nitrogens with two attached hydrogens (primary N) is 1. The van der Waals surface area contributed by atoms with Crippen molar-refractivity contribution in [3.05, 3.63) is 66.0 Å². The number of benzene rings is 1. The van der Waals surface area contributed by atoms with Crippen LogP contribution in [0.4, 0.5) is 0 Å². The number of rotatable bonds is 4. The second kappa shape index (κ2) is 8.78. The van der Waals surface area contributed by atoms with Crippen molar-refractivity contribution in [1.29, 1.82) is 0 Å². The normalized spacial score (nSPS) is 16.3. The first-order valence-electron chi connectivity index (χ1n) is 7.94. The van der Waals surface area contributed by atoms with Crippen LogP contribution >= 0.6 is 12.4 Å². The van der Waals surface area contributed by atoms with Gasteiger partial charge in [0.15, 0.2) is 0 Å². The van der Waals surface area contributed by atoms with Crippen LogP contribution < -0.4 is 5.73 Å². The van der Waals surface area contributed by atoms with Crippen molar-refractivity contribution in [2.24, 2.45) is 5.73 Å². The molecule has 1 aromatic heterocycles. The molecule has 1 saturated heterocycles. The SMILES string of the molecule is Cl.NC(C(=O)N1CCN(Cc2cccnc2)CC1)c1ccccc1. The molecule has 2 N–H and O–H groups in total. The topological polar surface area (TPSA) is 62.5 Å². The highest BCUT2D eigenvalue weighted by molar-refractivity contribution is 5.85. The molecule has 0 saturated carbocycles. The Bertz CT molecular complexity index is 630. The molecule has 0 aliphatic carbocycles. The number of nitrogens with zero attached hydrogens (tertiary/aromatic N) is 3. The van der Waals surface area contributed by atoms with Gasteiger partial charge in [0.2, 0.25) is 5.91 Å². The summed E-state index contributed by atoms with van der Waals surface area (Å²) in [4.78, 5) is 20.9. The second-order valence-corrected chi connectivity index (χ2v) is 5.85. The fourth-order valence-corrected chi connectivity index (χ4v) is 2.88. The van der Waals surface area contributed by atoms with Gasteiger partial charge in [-0.1, -0.05) is 36.4 Å². The Hall–Kier alpha value is -1.95. The van der Waals surface area contributed by atoms with Crippen LogP contribution in [0.25, 0.3) is 0 Å². The first kappa shape index (κ1) is 18.4. The third kappa shape index (κ3) is 4.54. The van der Waals surface area contributed by atoms with Gasteiger partial charge in [-0.15, -0.1) is 12.4 Å². The standard InChI is InChI=1S/C18H22N4O.ClH/c19-17(16-6-2-1-3-7-16)18(23)22-11-9-21(10-12-22)14-15-5-4-8-20-13-15;/h1-8,13,17H,9-12,14,19H2;1H. The minimum Gasteiger partial charge on any atom is -0.338 e. The zero-order valence-electron chi connectivity index (χ0n) is 13.5. The maximum atomic E-state index is 12.5. The zero-order chi connectivity index (χ0) is 16.1. The van der Waals surface area contributed by atoms with E-state index >= 15 is 0 Å². The average molecular weight is 347 g/mol. The van der Waals surface area contributed by atoms with E-state index in [1.54, 1.807) is 6.20 Å². The molecule has 5 nitrogen and oxygen atoms in total. The number of piperazine rings is 1. The monoisotopic (exact) mass is 346 g/mol. The predicted molar refractivity (Wildman–Crippen MR) is 96.7 cm³/mol. The molecule has 1 aromatic carbocycles. The fourth-order valence-electron chi connectivity index (χ4n) is 2.88. The van der Waals surface area contributed by atoms with Gasteiger partial charge in [0.25, 0.3) is 0 Å². The number of halogens is 1. The molecular formula is C18H23ClN4O. The molecule has 128 valence electrons.